The molecule has 0 atom stereocenters. The first kappa shape index (κ1) is 15.6. The van der Waals surface area contributed by atoms with Crippen LogP contribution >= 0.6 is 0 Å². The van der Waals surface area contributed by atoms with Gasteiger partial charge in [0.05, 0.1) is 11.7 Å². The number of halogens is 3. The Labute approximate surface area is 119 Å². The first-order chi connectivity index (χ1) is 9.86. The van der Waals surface area contributed by atoms with E-state index in [0.717, 1.165) is 18.3 Å². The van der Waals surface area contributed by atoms with E-state index in [4.69, 9.17) is 9.84 Å². The average Bonchev–Trinajstić information content (AvgIpc) is 2.45. The summed E-state index contributed by atoms with van der Waals surface area (Å²) in [6, 6.07) is 1.96. The highest BCUT2D eigenvalue weighted by atomic mass is 19.4. The smallest absolute Gasteiger partial charge is 0.416 e. The van der Waals surface area contributed by atoms with Crippen LogP contribution in [0.15, 0.2) is 18.3 Å². The highest BCUT2D eigenvalue weighted by molar-refractivity contribution is 5.68. The minimum Gasteiger partial charge on any atom is -0.480 e. The molecule has 2 rings (SSSR count). The van der Waals surface area contributed by atoms with Gasteiger partial charge in [0.15, 0.2) is 0 Å². The van der Waals surface area contributed by atoms with Crippen molar-refractivity contribution >= 4 is 11.8 Å². The van der Waals surface area contributed by atoms with Crippen LogP contribution in [0.1, 0.15) is 18.4 Å². The van der Waals surface area contributed by atoms with Crippen molar-refractivity contribution in [2.45, 2.75) is 25.1 Å². The zero-order chi connectivity index (χ0) is 15.5. The van der Waals surface area contributed by atoms with E-state index in [1.54, 1.807) is 4.90 Å². The third-order valence-electron chi connectivity index (χ3n) is 3.28. The number of aromatic nitrogens is 1. The Morgan fingerprint density at radius 1 is 1.43 bits per heavy atom. The molecule has 1 saturated heterocycles. The van der Waals surface area contributed by atoms with Crippen molar-refractivity contribution in [2.24, 2.45) is 0 Å². The van der Waals surface area contributed by atoms with Crippen molar-refractivity contribution in [1.29, 1.82) is 0 Å². The lowest BCUT2D eigenvalue weighted by atomic mass is 10.1. The standard InChI is InChI=1S/C13H15F3N2O3/c14-13(15,16)9-1-4-17-11(7-9)18-5-2-10(3-6-18)21-8-12(19)20/h1,4,7,10H,2-3,5-6,8H2,(H,19,20). The molecule has 0 radical (unpaired) electrons. The van der Waals surface area contributed by atoms with E-state index in [1.807, 2.05) is 0 Å². The van der Waals surface area contributed by atoms with E-state index < -0.39 is 17.7 Å². The molecular weight excluding hydrogens is 289 g/mol. The first-order valence-electron chi connectivity index (χ1n) is 6.48. The van der Waals surface area contributed by atoms with Crippen molar-refractivity contribution in [3.05, 3.63) is 23.9 Å². The summed E-state index contributed by atoms with van der Waals surface area (Å²) in [7, 11) is 0. The van der Waals surface area contributed by atoms with E-state index in [-0.39, 0.29) is 18.5 Å². The van der Waals surface area contributed by atoms with Crippen molar-refractivity contribution in [2.75, 3.05) is 24.6 Å². The monoisotopic (exact) mass is 304 g/mol. The Kier molecular flexibility index (Phi) is 4.66. The number of carboxylic acid groups (broad SMARTS) is 1. The minimum atomic E-state index is -4.39. The van der Waals surface area contributed by atoms with Gasteiger partial charge >= 0.3 is 12.1 Å². The number of alkyl halides is 3. The molecular formula is C13H15F3N2O3. The summed E-state index contributed by atoms with van der Waals surface area (Å²) in [5, 5.41) is 8.53. The van der Waals surface area contributed by atoms with E-state index in [1.165, 1.54) is 0 Å². The van der Waals surface area contributed by atoms with Gasteiger partial charge in [-0.1, -0.05) is 0 Å². The maximum absolute atomic E-state index is 12.7. The van der Waals surface area contributed by atoms with Crippen LogP contribution in [0.4, 0.5) is 19.0 Å². The van der Waals surface area contributed by atoms with Gasteiger partial charge in [-0.3, -0.25) is 0 Å². The molecule has 1 aliphatic rings. The lowest BCUT2D eigenvalue weighted by Gasteiger charge is -2.32. The van der Waals surface area contributed by atoms with Gasteiger partial charge in [0.1, 0.15) is 12.4 Å². The summed E-state index contributed by atoms with van der Waals surface area (Å²) < 4.78 is 43.1. The lowest BCUT2D eigenvalue weighted by Crippen LogP contribution is -2.38. The summed E-state index contributed by atoms with van der Waals surface area (Å²) >= 11 is 0. The maximum atomic E-state index is 12.7. The van der Waals surface area contributed by atoms with Crippen molar-refractivity contribution in [1.82, 2.24) is 4.98 Å². The number of aliphatic carboxylic acids is 1. The average molecular weight is 304 g/mol. The van der Waals surface area contributed by atoms with Crippen LogP contribution in [-0.2, 0) is 15.7 Å². The van der Waals surface area contributed by atoms with Gasteiger partial charge in [-0.25, -0.2) is 9.78 Å². The Balaban J connectivity index is 1.95. The number of ether oxygens (including phenoxy) is 1. The Morgan fingerprint density at radius 2 is 2.10 bits per heavy atom. The number of carbonyl (C=O) groups is 1. The molecule has 1 aromatic heterocycles. The summed E-state index contributed by atoms with van der Waals surface area (Å²) in [6.45, 7) is 0.615. The second-order valence-electron chi connectivity index (χ2n) is 4.79. The van der Waals surface area contributed by atoms with Crippen LogP contribution in [0, 0.1) is 0 Å². The topological polar surface area (TPSA) is 62.7 Å². The van der Waals surface area contributed by atoms with E-state index in [2.05, 4.69) is 4.98 Å². The molecule has 0 amide bonds. The number of carboxylic acids is 1. The summed E-state index contributed by atoms with van der Waals surface area (Å²) in [4.78, 5) is 16.1. The summed E-state index contributed by atoms with van der Waals surface area (Å²) in [5.74, 6) is -0.751. The number of pyridine rings is 1. The van der Waals surface area contributed by atoms with E-state index in [9.17, 15) is 18.0 Å². The predicted molar refractivity (Wildman–Crippen MR) is 68.1 cm³/mol. The molecule has 1 aromatic rings. The van der Waals surface area contributed by atoms with Crippen LogP contribution in [0.3, 0.4) is 0 Å². The molecule has 2 heterocycles. The van der Waals surface area contributed by atoms with Crippen LogP contribution in [-0.4, -0.2) is 41.9 Å². The molecule has 1 fully saturated rings. The van der Waals surface area contributed by atoms with E-state index in [0.29, 0.717) is 25.9 Å². The molecule has 1 aliphatic heterocycles. The van der Waals surface area contributed by atoms with E-state index >= 15 is 0 Å². The molecule has 0 aromatic carbocycles. The third-order valence-corrected chi connectivity index (χ3v) is 3.28. The maximum Gasteiger partial charge on any atom is 0.416 e. The number of rotatable bonds is 4. The Morgan fingerprint density at radius 3 is 2.67 bits per heavy atom. The SMILES string of the molecule is O=C(O)COC1CCN(c2cc(C(F)(F)F)ccn2)CC1. The minimum absolute atomic E-state index is 0.178. The van der Waals surface area contributed by atoms with Crippen LogP contribution in [0.5, 0.6) is 0 Å². The first-order valence-corrected chi connectivity index (χ1v) is 6.48. The molecule has 5 nitrogen and oxygen atoms in total. The van der Waals surface area contributed by atoms with Gasteiger partial charge < -0.3 is 14.7 Å². The van der Waals surface area contributed by atoms with Crippen molar-refractivity contribution < 1.29 is 27.8 Å². The van der Waals surface area contributed by atoms with Gasteiger partial charge in [-0.05, 0) is 25.0 Å². The quantitative estimate of drug-likeness (QED) is 0.923. The molecule has 0 aliphatic carbocycles. The highest BCUT2D eigenvalue weighted by Gasteiger charge is 2.31. The van der Waals surface area contributed by atoms with Gasteiger partial charge in [0, 0.05) is 19.3 Å². The molecule has 0 saturated carbocycles. The molecule has 0 unspecified atom stereocenters. The fourth-order valence-corrected chi connectivity index (χ4v) is 2.21. The second-order valence-corrected chi connectivity index (χ2v) is 4.79. The zero-order valence-corrected chi connectivity index (χ0v) is 11.1. The molecule has 0 spiro atoms. The number of piperidine rings is 1. The molecule has 116 valence electrons. The number of anilines is 1. The normalized spacial score (nSPS) is 17.0. The van der Waals surface area contributed by atoms with Crippen LogP contribution < -0.4 is 4.90 Å². The predicted octanol–water partition coefficient (Wildman–Crippen LogP) is 2.17. The van der Waals surface area contributed by atoms with Crippen molar-refractivity contribution in [3.8, 4) is 0 Å². The summed E-state index contributed by atoms with van der Waals surface area (Å²) in [6.07, 6.45) is -2.30. The number of hydrogen-bond donors (Lipinski definition) is 1. The molecule has 1 N–H and O–H groups in total. The number of hydrogen-bond acceptors (Lipinski definition) is 4. The fourth-order valence-electron chi connectivity index (χ4n) is 2.21. The zero-order valence-electron chi connectivity index (χ0n) is 11.1. The molecule has 8 heteroatoms. The molecule has 21 heavy (non-hydrogen) atoms. The van der Waals surface area contributed by atoms with Gasteiger partial charge in [0.25, 0.3) is 0 Å². The number of nitrogens with zero attached hydrogens (tertiary/aromatic N) is 2. The largest absolute Gasteiger partial charge is 0.480 e. The molecule has 0 bridgehead atoms. The fraction of sp³-hybridized carbons (Fsp3) is 0.538. The summed E-state index contributed by atoms with van der Waals surface area (Å²) in [5.41, 5.74) is -0.725. The highest BCUT2D eigenvalue weighted by Crippen LogP contribution is 2.31. The van der Waals surface area contributed by atoms with Crippen LogP contribution in [0.2, 0.25) is 0 Å². The van der Waals surface area contributed by atoms with Crippen LogP contribution in [0.25, 0.3) is 0 Å². The Bertz CT molecular complexity index is 500. The lowest BCUT2D eigenvalue weighted by molar-refractivity contribution is -0.144. The van der Waals surface area contributed by atoms with Crippen molar-refractivity contribution in [3.63, 3.8) is 0 Å². The van der Waals surface area contributed by atoms with Gasteiger partial charge in [-0.2, -0.15) is 13.2 Å². The van der Waals surface area contributed by atoms with Gasteiger partial charge in [-0.15, -0.1) is 0 Å². The van der Waals surface area contributed by atoms with Gasteiger partial charge in [0.2, 0.25) is 0 Å². The third kappa shape index (κ3) is 4.32. The Hall–Kier alpha value is -1.83. The second kappa shape index (κ2) is 6.30.